The summed E-state index contributed by atoms with van der Waals surface area (Å²) in [6, 6.07) is 8.20. The molecule has 6 nitrogen and oxygen atoms in total. The van der Waals surface area contributed by atoms with Crippen LogP contribution in [0.3, 0.4) is 0 Å². The zero-order valence-electron chi connectivity index (χ0n) is 13.8. The van der Waals surface area contributed by atoms with Gasteiger partial charge in [-0.3, -0.25) is 9.48 Å². The third-order valence-corrected chi connectivity index (χ3v) is 6.28. The number of carbonyl (C=O) groups excluding carboxylic acids is 1. The van der Waals surface area contributed by atoms with Crippen LogP contribution in [0.15, 0.2) is 41.4 Å². The van der Waals surface area contributed by atoms with Gasteiger partial charge in [0.15, 0.2) is 5.78 Å². The molecule has 2 heterocycles. The number of aromatic nitrogens is 2. The molecule has 1 fully saturated rings. The van der Waals surface area contributed by atoms with Gasteiger partial charge in [0.2, 0.25) is 10.0 Å². The molecule has 0 bridgehead atoms. The van der Waals surface area contributed by atoms with Crippen molar-refractivity contribution < 1.29 is 13.2 Å². The Hall–Kier alpha value is -1.99. The minimum absolute atomic E-state index is 0.103. The average Bonchev–Trinajstić information content (AvgIpc) is 3.01. The van der Waals surface area contributed by atoms with Crippen molar-refractivity contribution in [3.05, 3.63) is 47.8 Å². The first-order chi connectivity index (χ1) is 11.4. The topological polar surface area (TPSA) is 72.3 Å². The molecule has 0 aliphatic carbocycles. The van der Waals surface area contributed by atoms with Crippen LogP contribution in [-0.2, 0) is 17.1 Å². The number of benzene rings is 1. The first kappa shape index (κ1) is 16.9. The number of piperidine rings is 1. The highest BCUT2D eigenvalue weighted by atomic mass is 32.2. The largest absolute Gasteiger partial charge is 0.295 e. The maximum absolute atomic E-state index is 12.9. The van der Waals surface area contributed by atoms with Crippen molar-refractivity contribution >= 4 is 15.8 Å². The second-order valence-corrected chi connectivity index (χ2v) is 8.14. The Kier molecular flexibility index (Phi) is 4.56. The van der Waals surface area contributed by atoms with Crippen LogP contribution in [0.1, 0.15) is 41.7 Å². The molecule has 1 atom stereocenters. The van der Waals surface area contributed by atoms with Gasteiger partial charge in [-0.25, -0.2) is 8.42 Å². The minimum Gasteiger partial charge on any atom is -0.295 e. The molecule has 0 N–H and O–H groups in total. The van der Waals surface area contributed by atoms with Crippen LogP contribution in [-0.4, -0.2) is 41.4 Å². The molecule has 128 valence electrons. The van der Waals surface area contributed by atoms with Crippen LogP contribution in [0.4, 0.5) is 0 Å². The highest BCUT2D eigenvalue weighted by molar-refractivity contribution is 7.89. The second-order valence-electron chi connectivity index (χ2n) is 6.20. The van der Waals surface area contributed by atoms with E-state index in [2.05, 4.69) is 5.10 Å². The van der Waals surface area contributed by atoms with Crippen molar-refractivity contribution in [2.75, 3.05) is 13.1 Å². The quantitative estimate of drug-likeness (QED) is 0.795. The van der Waals surface area contributed by atoms with Crippen molar-refractivity contribution in [1.82, 2.24) is 14.1 Å². The summed E-state index contributed by atoms with van der Waals surface area (Å²) in [5, 5.41) is 4.41. The normalized spacial score (nSPS) is 19.3. The summed E-state index contributed by atoms with van der Waals surface area (Å²) in [4.78, 5) is 11.7. The van der Waals surface area contributed by atoms with E-state index < -0.39 is 10.0 Å². The molecule has 0 spiro atoms. The summed E-state index contributed by atoms with van der Waals surface area (Å²) >= 11 is 0. The number of sulfonamides is 1. The fraction of sp³-hybridized carbons (Fsp3) is 0.412. The zero-order valence-corrected chi connectivity index (χ0v) is 14.7. The molecule has 2 aromatic rings. The summed E-state index contributed by atoms with van der Waals surface area (Å²) < 4.78 is 29.1. The van der Waals surface area contributed by atoms with Crippen molar-refractivity contribution in [2.24, 2.45) is 7.05 Å². The summed E-state index contributed by atoms with van der Waals surface area (Å²) in [6.07, 6.45) is 3.60. The Morgan fingerprint density at radius 1 is 1.29 bits per heavy atom. The van der Waals surface area contributed by atoms with Gasteiger partial charge >= 0.3 is 0 Å². The highest BCUT2D eigenvalue weighted by Crippen LogP contribution is 2.29. The van der Waals surface area contributed by atoms with Gasteiger partial charge in [0.05, 0.1) is 10.6 Å². The van der Waals surface area contributed by atoms with Gasteiger partial charge < -0.3 is 0 Å². The van der Waals surface area contributed by atoms with Crippen molar-refractivity contribution in [2.45, 2.75) is 30.6 Å². The Bertz CT molecular complexity index is 857. The van der Waals surface area contributed by atoms with Gasteiger partial charge in [0.1, 0.15) is 0 Å². The molecule has 1 aromatic carbocycles. The molecule has 1 aliphatic heterocycles. The Labute approximate surface area is 142 Å². The van der Waals surface area contributed by atoms with E-state index in [9.17, 15) is 13.2 Å². The van der Waals surface area contributed by atoms with Crippen molar-refractivity contribution in [3.8, 4) is 0 Å². The number of hydrogen-bond donors (Lipinski definition) is 0. The van der Waals surface area contributed by atoms with Crippen LogP contribution in [0.25, 0.3) is 0 Å². The average molecular weight is 347 g/mol. The van der Waals surface area contributed by atoms with E-state index >= 15 is 0 Å². The summed E-state index contributed by atoms with van der Waals surface area (Å²) in [7, 11) is -1.75. The van der Waals surface area contributed by atoms with E-state index in [-0.39, 0.29) is 16.6 Å². The van der Waals surface area contributed by atoms with Crippen molar-refractivity contribution in [3.63, 3.8) is 0 Å². The Morgan fingerprint density at radius 3 is 2.75 bits per heavy atom. The first-order valence-electron chi connectivity index (χ1n) is 7.98. The predicted molar refractivity (Wildman–Crippen MR) is 90.4 cm³/mol. The number of aryl methyl sites for hydroxylation is 1. The van der Waals surface area contributed by atoms with E-state index in [0.717, 1.165) is 18.5 Å². The standard InChI is InChI=1S/C17H21N3O3S/c1-13(21)14-5-3-7-16(11-14)24(22,23)20-9-4-6-15(12-20)17-8-10-19(2)18-17/h3,5,7-8,10-11,15H,4,6,9,12H2,1-2H3/t15-/m1/s1. The third kappa shape index (κ3) is 3.27. The summed E-state index contributed by atoms with van der Waals surface area (Å²) in [5.41, 5.74) is 1.34. The van der Waals surface area contributed by atoms with E-state index in [4.69, 9.17) is 0 Å². The SMILES string of the molecule is CC(=O)c1cccc(S(=O)(=O)N2CCC[C@@H](c3ccn(C)n3)C2)c1. The number of rotatable bonds is 4. The molecule has 1 aromatic heterocycles. The zero-order chi connectivity index (χ0) is 17.3. The molecule has 0 radical (unpaired) electrons. The molecule has 0 saturated carbocycles. The fourth-order valence-corrected chi connectivity index (χ4v) is 4.65. The molecule has 7 heteroatoms. The van der Waals surface area contributed by atoms with Crippen LogP contribution >= 0.6 is 0 Å². The highest BCUT2D eigenvalue weighted by Gasteiger charge is 2.32. The van der Waals surface area contributed by atoms with Crippen molar-refractivity contribution in [1.29, 1.82) is 0 Å². The lowest BCUT2D eigenvalue weighted by molar-refractivity contribution is 0.101. The van der Waals surface area contributed by atoms with Gasteiger partial charge in [0.25, 0.3) is 0 Å². The van der Waals surface area contributed by atoms with Gasteiger partial charge in [-0.1, -0.05) is 12.1 Å². The Morgan fingerprint density at radius 2 is 2.08 bits per heavy atom. The molecule has 1 aliphatic rings. The maximum Gasteiger partial charge on any atom is 0.243 e. The molecule has 24 heavy (non-hydrogen) atoms. The van der Waals surface area contributed by atoms with E-state index in [1.54, 1.807) is 22.9 Å². The van der Waals surface area contributed by atoms with Gasteiger partial charge in [-0.05, 0) is 38.0 Å². The third-order valence-electron chi connectivity index (χ3n) is 4.41. The number of carbonyl (C=O) groups is 1. The lowest BCUT2D eigenvalue weighted by Crippen LogP contribution is -2.39. The van der Waals surface area contributed by atoms with E-state index in [1.807, 2.05) is 19.3 Å². The lowest BCUT2D eigenvalue weighted by atomic mass is 9.96. The number of ketones is 1. The summed E-state index contributed by atoms with van der Waals surface area (Å²) in [6.45, 7) is 2.35. The molecular weight excluding hydrogens is 326 g/mol. The Balaban J connectivity index is 1.86. The molecular formula is C17H21N3O3S. The minimum atomic E-state index is -3.61. The van der Waals surface area contributed by atoms with E-state index in [0.29, 0.717) is 18.7 Å². The molecule has 3 rings (SSSR count). The predicted octanol–water partition coefficient (Wildman–Crippen LogP) is 2.19. The van der Waals surface area contributed by atoms with Gasteiger partial charge in [-0.2, -0.15) is 9.40 Å². The van der Waals surface area contributed by atoms with Crippen LogP contribution in [0, 0.1) is 0 Å². The summed E-state index contributed by atoms with van der Waals surface area (Å²) in [5.74, 6) is -0.0391. The number of hydrogen-bond acceptors (Lipinski definition) is 4. The molecule has 1 saturated heterocycles. The molecule has 0 amide bonds. The van der Waals surface area contributed by atoms with Gasteiger partial charge in [-0.15, -0.1) is 0 Å². The number of nitrogens with zero attached hydrogens (tertiary/aromatic N) is 3. The van der Waals surface area contributed by atoms with Crippen LogP contribution in [0.5, 0.6) is 0 Å². The smallest absolute Gasteiger partial charge is 0.243 e. The lowest BCUT2D eigenvalue weighted by Gasteiger charge is -2.31. The second kappa shape index (κ2) is 6.49. The van der Waals surface area contributed by atoms with E-state index in [1.165, 1.54) is 17.3 Å². The van der Waals surface area contributed by atoms with Gasteiger partial charge in [0, 0.05) is 37.8 Å². The van der Waals surface area contributed by atoms with Crippen LogP contribution < -0.4 is 0 Å². The first-order valence-corrected chi connectivity index (χ1v) is 9.42. The maximum atomic E-state index is 12.9. The monoisotopic (exact) mass is 347 g/mol. The number of Topliss-reactive ketones (excluding diaryl/α,β-unsaturated/α-hetero) is 1. The van der Waals surface area contributed by atoms with Crippen LogP contribution in [0.2, 0.25) is 0 Å². The fourth-order valence-electron chi connectivity index (χ4n) is 3.08. The molecule has 0 unspecified atom stereocenters.